The van der Waals surface area contributed by atoms with Gasteiger partial charge in [0.1, 0.15) is 29.9 Å². The fourth-order valence-electron chi connectivity index (χ4n) is 4.58. The van der Waals surface area contributed by atoms with Crippen molar-refractivity contribution in [3.05, 3.63) is 41.3 Å². The average Bonchev–Trinajstić information content (AvgIpc) is 3.56. The first-order valence-electron chi connectivity index (χ1n) is 12.0. The number of nitrogens with zero attached hydrogens (tertiary/aromatic N) is 3. The number of hydrogen-bond acceptors (Lipinski definition) is 6. The zero-order valence-corrected chi connectivity index (χ0v) is 20.0. The summed E-state index contributed by atoms with van der Waals surface area (Å²) < 4.78 is 47.7. The summed E-state index contributed by atoms with van der Waals surface area (Å²) in [6, 6.07) is 3.17. The summed E-state index contributed by atoms with van der Waals surface area (Å²) in [7, 11) is 0. The maximum Gasteiger partial charge on any atom is 0.263 e. The molecule has 0 radical (unpaired) electrons. The van der Waals surface area contributed by atoms with Crippen LogP contribution in [-0.2, 0) is 4.79 Å². The second-order valence-corrected chi connectivity index (χ2v) is 9.37. The second-order valence-electron chi connectivity index (χ2n) is 9.37. The summed E-state index contributed by atoms with van der Waals surface area (Å²) in [5.41, 5.74) is 1.63. The highest BCUT2D eigenvalue weighted by atomic mass is 19.3. The van der Waals surface area contributed by atoms with Gasteiger partial charge >= 0.3 is 0 Å². The topological polar surface area (TPSA) is 120 Å². The van der Waals surface area contributed by atoms with E-state index in [-0.39, 0.29) is 29.6 Å². The van der Waals surface area contributed by atoms with Gasteiger partial charge in [0.05, 0.1) is 23.7 Å². The molecule has 2 aromatic heterocycles. The third-order valence-corrected chi connectivity index (χ3v) is 6.76. The van der Waals surface area contributed by atoms with Gasteiger partial charge < -0.3 is 25.0 Å². The number of aryl methyl sites for hydroxylation is 1. The van der Waals surface area contributed by atoms with Gasteiger partial charge in [0.25, 0.3) is 18.2 Å². The molecule has 0 spiro atoms. The normalized spacial score (nSPS) is 19.6. The molecule has 3 aromatic rings. The molecule has 2 fully saturated rings. The Balaban J connectivity index is 1.49. The highest BCUT2D eigenvalue weighted by Crippen LogP contribution is 2.38. The van der Waals surface area contributed by atoms with Crippen LogP contribution in [0.15, 0.2) is 24.5 Å². The van der Waals surface area contributed by atoms with Gasteiger partial charge in [-0.1, -0.05) is 0 Å². The van der Waals surface area contributed by atoms with Gasteiger partial charge in [-0.05, 0) is 50.3 Å². The summed E-state index contributed by atoms with van der Waals surface area (Å²) in [6.07, 6.45) is -0.939. The van der Waals surface area contributed by atoms with Crippen LogP contribution < -0.4 is 10.1 Å². The molecule has 1 saturated heterocycles. The Morgan fingerprint density at radius 1 is 1.27 bits per heavy atom. The number of aliphatic hydroxyl groups excluding tert-OH is 1. The number of H-pyrrole nitrogens is 1. The monoisotopic (exact) mass is 517 g/mol. The number of carbonyl (C=O) groups is 2. The molecular weight excluding hydrogens is 491 g/mol. The minimum Gasteiger partial charge on any atom is -0.493 e. The number of hydrogen-bond donors (Lipinski definition) is 3. The molecule has 12 heteroatoms. The van der Waals surface area contributed by atoms with Crippen molar-refractivity contribution in [2.45, 2.75) is 44.9 Å². The number of nitrogens with one attached hydrogen (secondary N) is 2. The molecule has 196 valence electrons. The van der Waals surface area contributed by atoms with Crippen LogP contribution in [-0.4, -0.2) is 68.9 Å². The predicted octanol–water partition coefficient (Wildman–Crippen LogP) is 3.28. The van der Waals surface area contributed by atoms with Crippen molar-refractivity contribution in [1.29, 1.82) is 0 Å². The molecular formula is C25H26F3N5O4. The highest BCUT2D eigenvalue weighted by molar-refractivity contribution is 6.09. The molecule has 5 rings (SSSR count). The Labute approximate surface area is 210 Å². The summed E-state index contributed by atoms with van der Waals surface area (Å²) in [5, 5.41) is 11.6. The van der Waals surface area contributed by atoms with E-state index in [2.05, 4.69) is 20.3 Å². The smallest absolute Gasteiger partial charge is 0.263 e. The van der Waals surface area contributed by atoms with E-state index in [1.54, 1.807) is 6.92 Å². The molecule has 37 heavy (non-hydrogen) atoms. The van der Waals surface area contributed by atoms with Crippen molar-refractivity contribution in [3.8, 4) is 17.0 Å². The number of amides is 2. The lowest BCUT2D eigenvalue weighted by Gasteiger charge is -2.21. The Morgan fingerprint density at radius 2 is 2.05 bits per heavy atom. The second kappa shape index (κ2) is 10.0. The SMILES string of the molecule is Cc1[nH]c2c(-c3cc(C(F)F)ccc3OCC3CC3)ncnc2c1C(=O)N[C@H]1CCN(C(=O)CO)C1F. The molecule has 0 bridgehead atoms. The molecule has 1 aliphatic carbocycles. The van der Waals surface area contributed by atoms with Crippen molar-refractivity contribution < 1.29 is 32.6 Å². The molecule has 1 saturated carbocycles. The van der Waals surface area contributed by atoms with E-state index >= 15 is 0 Å². The van der Waals surface area contributed by atoms with Crippen molar-refractivity contribution >= 4 is 22.8 Å². The van der Waals surface area contributed by atoms with Crippen molar-refractivity contribution in [3.63, 3.8) is 0 Å². The quantitative estimate of drug-likeness (QED) is 0.395. The first kappa shape index (κ1) is 25.0. The lowest BCUT2D eigenvalue weighted by Crippen LogP contribution is -2.45. The molecule has 2 amide bonds. The molecule has 2 aliphatic rings. The Kier molecular flexibility index (Phi) is 6.76. The summed E-state index contributed by atoms with van der Waals surface area (Å²) in [4.78, 5) is 37.4. The van der Waals surface area contributed by atoms with Crippen molar-refractivity contribution in [2.75, 3.05) is 19.8 Å². The maximum absolute atomic E-state index is 14.7. The minimum absolute atomic E-state index is 0.0643. The molecule has 9 nitrogen and oxygen atoms in total. The summed E-state index contributed by atoms with van der Waals surface area (Å²) >= 11 is 0. The van der Waals surface area contributed by atoms with E-state index in [1.165, 1.54) is 24.5 Å². The lowest BCUT2D eigenvalue weighted by molar-refractivity contribution is -0.138. The number of benzene rings is 1. The van der Waals surface area contributed by atoms with Crippen LogP contribution in [0.2, 0.25) is 0 Å². The number of halogens is 3. The van der Waals surface area contributed by atoms with Crippen LogP contribution in [0.1, 0.15) is 47.3 Å². The van der Waals surface area contributed by atoms with E-state index in [0.29, 0.717) is 40.7 Å². The Bertz CT molecular complexity index is 1340. The van der Waals surface area contributed by atoms with Gasteiger partial charge in [0, 0.05) is 23.4 Å². The number of carbonyl (C=O) groups excluding carboxylic acids is 2. The maximum atomic E-state index is 14.7. The van der Waals surface area contributed by atoms with Gasteiger partial charge in [-0.2, -0.15) is 0 Å². The van der Waals surface area contributed by atoms with Crippen LogP contribution in [0.4, 0.5) is 13.2 Å². The molecule has 2 atom stereocenters. The fraction of sp³-hybridized carbons (Fsp3) is 0.440. The lowest BCUT2D eigenvalue weighted by atomic mass is 10.0. The van der Waals surface area contributed by atoms with Gasteiger partial charge in [-0.25, -0.2) is 23.1 Å². The van der Waals surface area contributed by atoms with Crippen LogP contribution in [0.5, 0.6) is 5.75 Å². The van der Waals surface area contributed by atoms with E-state index in [4.69, 9.17) is 9.84 Å². The van der Waals surface area contributed by atoms with Gasteiger partial charge in [0.2, 0.25) is 0 Å². The van der Waals surface area contributed by atoms with Crippen molar-refractivity contribution in [2.24, 2.45) is 5.92 Å². The number of fused-ring (bicyclic) bond motifs is 1. The number of rotatable bonds is 8. The third-order valence-electron chi connectivity index (χ3n) is 6.76. The first-order chi connectivity index (χ1) is 17.8. The number of aromatic nitrogens is 3. The van der Waals surface area contributed by atoms with Crippen LogP contribution in [0.3, 0.4) is 0 Å². The van der Waals surface area contributed by atoms with E-state index in [1.807, 2.05) is 0 Å². The molecule has 3 N–H and O–H groups in total. The molecule has 1 aromatic carbocycles. The fourth-order valence-corrected chi connectivity index (χ4v) is 4.58. The number of alkyl halides is 3. The van der Waals surface area contributed by atoms with E-state index < -0.39 is 37.2 Å². The van der Waals surface area contributed by atoms with Crippen LogP contribution in [0.25, 0.3) is 22.3 Å². The summed E-state index contributed by atoms with van der Waals surface area (Å²) in [5.74, 6) is -0.523. The predicted molar refractivity (Wildman–Crippen MR) is 127 cm³/mol. The van der Waals surface area contributed by atoms with Gasteiger partial charge in [0.15, 0.2) is 6.30 Å². The Morgan fingerprint density at radius 3 is 2.76 bits per heavy atom. The standard InChI is InChI=1S/C25H26F3N5O4/c1-12-19(25(36)32-16-6-7-33(24(16)28)18(35)9-34)21-22(31-12)20(29-11-30-21)15-8-14(23(26)27)4-5-17(15)37-10-13-2-3-13/h4-5,8,11,13,16,23-24,31,34H,2-3,6-7,9-10H2,1H3,(H,32,36)/t16-,24?/m0/s1. The van der Waals surface area contributed by atoms with Gasteiger partial charge in [-0.3, -0.25) is 9.59 Å². The number of likely N-dealkylation sites (tertiary alicyclic amines) is 1. The van der Waals surface area contributed by atoms with E-state index in [0.717, 1.165) is 17.7 Å². The number of aliphatic hydroxyl groups is 1. The largest absolute Gasteiger partial charge is 0.493 e. The summed E-state index contributed by atoms with van der Waals surface area (Å²) in [6.45, 7) is 1.36. The molecule has 1 aliphatic heterocycles. The molecule has 3 heterocycles. The van der Waals surface area contributed by atoms with Gasteiger partial charge in [-0.15, -0.1) is 0 Å². The highest BCUT2D eigenvalue weighted by Gasteiger charge is 2.38. The number of aromatic amines is 1. The Hall–Kier alpha value is -3.67. The zero-order chi connectivity index (χ0) is 26.3. The zero-order valence-electron chi connectivity index (χ0n) is 20.0. The van der Waals surface area contributed by atoms with Crippen LogP contribution in [0, 0.1) is 12.8 Å². The average molecular weight is 518 g/mol. The van der Waals surface area contributed by atoms with E-state index in [9.17, 15) is 22.8 Å². The first-order valence-corrected chi connectivity index (χ1v) is 12.0. The molecule has 1 unspecified atom stereocenters. The van der Waals surface area contributed by atoms with Crippen LogP contribution >= 0.6 is 0 Å². The minimum atomic E-state index is -2.70. The van der Waals surface area contributed by atoms with Crippen molar-refractivity contribution in [1.82, 2.24) is 25.2 Å². The number of ether oxygens (including phenoxy) is 1. The third kappa shape index (κ3) is 4.85.